The average molecular weight is 370 g/mol. The zero-order valence-corrected chi connectivity index (χ0v) is 15.1. The fraction of sp³-hybridized carbons (Fsp3) is 0.353. The van der Waals surface area contributed by atoms with Gasteiger partial charge in [0.15, 0.2) is 0 Å². The minimum absolute atomic E-state index is 0.0220. The van der Waals surface area contributed by atoms with Crippen LogP contribution in [0.2, 0.25) is 0 Å². The van der Waals surface area contributed by atoms with Gasteiger partial charge in [0.25, 0.3) is 0 Å². The number of aryl methyl sites for hydroxylation is 1. The summed E-state index contributed by atoms with van der Waals surface area (Å²) in [5.41, 5.74) is -0.407. The summed E-state index contributed by atoms with van der Waals surface area (Å²) < 4.78 is 1.33. The Hall–Kier alpha value is -2.81. The number of hydrogen-bond donors (Lipinski definition) is 0. The van der Waals surface area contributed by atoms with Gasteiger partial charge in [-0.25, -0.2) is 19.7 Å². The summed E-state index contributed by atoms with van der Waals surface area (Å²) >= 11 is 1.66. The van der Waals surface area contributed by atoms with Crippen LogP contribution in [0.25, 0.3) is 10.2 Å². The average Bonchev–Trinajstić information content (AvgIpc) is 3.04. The summed E-state index contributed by atoms with van der Waals surface area (Å²) in [6.45, 7) is 4.69. The molecule has 0 N–H and O–H groups in total. The lowest BCUT2D eigenvalue weighted by Gasteiger charge is -2.35. The predicted molar refractivity (Wildman–Crippen MR) is 99.4 cm³/mol. The Morgan fingerprint density at radius 1 is 1.19 bits per heavy atom. The van der Waals surface area contributed by atoms with Gasteiger partial charge < -0.3 is 9.80 Å². The molecule has 1 saturated heterocycles. The van der Waals surface area contributed by atoms with Gasteiger partial charge in [0.2, 0.25) is 5.91 Å². The quantitative estimate of drug-likeness (QED) is 0.681. The van der Waals surface area contributed by atoms with Gasteiger partial charge in [0.05, 0.1) is 5.39 Å². The number of aromatic nitrogens is 4. The Balaban J connectivity index is 1.44. The molecule has 0 bridgehead atoms. The number of anilines is 1. The molecule has 0 spiro atoms. The van der Waals surface area contributed by atoms with Crippen molar-refractivity contribution < 1.29 is 4.79 Å². The van der Waals surface area contributed by atoms with Crippen LogP contribution in [-0.4, -0.2) is 56.5 Å². The molecule has 1 aliphatic rings. The van der Waals surface area contributed by atoms with E-state index in [4.69, 9.17) is 0 Å². The van der Waals surface area contributed by atoms with Crippen molar-refractivity contribution in [1.29, 1.82) is 0 Å². The van der Waals surface area contributed by atoms with Crippen LogP contribution in [0.5, 0.6) is 0 Å². The summed E-state index contributed by atoms with van der Waals surface area (Å²) in [4.78, 5) is 42.8. The molecule has 0 atom stereocenters. The van der Waals surface area contributed by atoms with E-state index in [0.717, 1.165) is 16.0 Å². The highest BCUT2D eigenvalue weighted by atomic mass is 32.1. The van der Waals surface area contributed by atoms with E-state index >= 15 is 0 Å². The molecule has 1 aliphatic heterocycles. The molecule has 1 amide bonds. The third-order valence-corrected chi connectivity index (χ3v) is 5.41. The minimum atomic E-state index is -0.407. The van der Waals surface area contributed by atoms with E-state index in [2.05, 4.69) is 32.8 Å². The van der Waals surface area contributed by atoms with Crippen molar-refractivity contribution >= 4 is 33.3 Å². The van der Waals surface area contributed by atoms with Crippen molar-refractivity contribution in [2.75, 3.05) is 31.1 Å². The number of rotatable bonds is 3. The summed E-state index contributed by atoms with van der Waals surface area (Å²) in [6.07, 6.45) is 4.61. The second-order valence-corrected chi connectivity index (χ2v) is 7.41. The SMILES string of the molecule is Cc1cc2c(N3CCN(C(=O)Cn4cccnc4=O)CC3)ncnc2s1. The van der Waals surface area contributed by atoms with Crippen LogP contribution >= 0.6 is 11.3 Å². The lowest BCUT2D eigenvalue weighted by molar-refractivity contribution is -0.132. The van der Waals surface area contributed by atoms with Crippen molar-refractivity contribution in [3.8, 4) is 0 Å². The Kier molecular flexibility index (Phi) is 4.37. The molecule has 0 saturated carbocycles. The Morgan fingerprint density at radius 2 is 2.00 bits per heavy atom. The van der Waals surface area contributed by atoms with E-state index in [1.807, 2.05) is 0 Å². The second-order valence-electron chi connectivity index (χ2n) is 6.17. The fourth-order valence-electron chi connectivity index (χ4n) is 3.14. The number of carbonyl (C=O) groups is 1. The maximum Gasteiger partial charge on any atom is 0.347 e. The van der Waals surface area contributed by atoms with E-state index in [0.29, 0.717) is 26.2 Å². The molecule has 3 aromatic heterocycles. The smallest absolute Gasteiger partial charge is 0.347 e. The molecule has 9 heteroatoms. The van der Waals surface area contributed by atoms with Crippen molar-refractivity contribution in [3.63, 3.8) is 0 Å². The van der Waals surface area contributed by atoms with Gasteiger partial charge in [-0.15, -0.1) is 11.3 Å². The highest BCUT2D eigenvalue weighted by Gasteiger charge is 2.23. The number of piperazine rings is 1. The third-order valence-electron chi connectivity index (χ3n) is 4.45. The zero-order chi connectivity index (χ0) is 18.1. The molecule has 3 aromatic rings. The Labute approximate surface area is 153 Å². The summed E-state index contributed by atoms with van der Waals surface area (Å²) in [5, 5.41) is 1.07. The lowest BCUT2D eigenvalue weighted by atomic mass is 10.2. The van der Waals surface area contributed by atoms with E-state index < -0.39 is 5.69 Å². The van der Waals surface area contributed by atoms with Crippen molar-refractivity contribution in [2.24, 2.45) is 0 Å². The van der Waals surface area contributed by atoms with Crippen LogP contribution < -0.4 is 10.6 Å². The third kappa shape index (κ3) is 3.17. The zero-order valence-electron chi connectivity index (χ0n) is 14.3. The molecule has 1 fully saturated rings. The molecular formula is C17H18N6O2S. The molecule has 4 heterocycles. The second kappa shape index (κ2) is 6.83. The Bertz CT molecular complexity index is 1010. The molecule has 0 radical (unpaired) electrons. The van der Waals surface area contributed by atoms with Crippen LogP contribution in [-0.2, 0) is 11.3 Å². The monoisotopic (exact) mass is 370 g/mol. The number of carbonyl (C=O) groups excluding carboxylic acids is 1. The van der Waals surface area contributed by atoms with Gasteiger partial charge in [-0.3, -0.25) is 9.36 Å². The lowest BCUT2D eigenvalue weighted by Crippen LogP contribution is -2.50. The van der Waals surface area contributed by atoms with Crippen LogP contribution in [0.4, 0.5) is 5.82 Å². The summed E-state index contributed by atoms with van der Waals surface area (Å²) in [5.74, 6) is 0.855. The fourth-order valence-corrected chi connectivity index (χ4v) is 3.98. The van der Waals surface area contributed by atoms with Gasteiger partial charge in [0.1, 0.15) is 23.5 Å². The maximum atomic E-state index is 12.5. The number of nitrogens with zero attached hydrogens (tertiary/aromatic N) is 6. The van der Waals surface area contributed by atoms with Crippen molar-refractivity contribution in [1.82, 2.24) is 24.4 Å². The van der Waals surface area contributed by atoms with Crippen LogP contribution in [0.1, 0.15) is 4.88 Å². The highest BCUT2D eigenvalue weighted by molar-refractivity contribution is 7.18. The summed E-state index contributed by atoms with van der Waals surface area (Å²) in [6, 6.07) is 3.76. The van der Waals surface area contributed by atoms with E-state index in [1.165, 1.54) is 15.6 Å². The predicted octanol–water partition coefficient (Wildman–Crippen LogP) is 0.905. The first kappa shape index (κ1) is 16.6. The van der Waals surface area contributed by atoms with Gasteiger partial charge in [-0.2, -0.15) is 0 Å². The number of fused-ring (bicyclic) bond motifs is 1. The van der Waals surface area contributed by atoms with Crippen molar-refractivity contribution in [2.45, 2.75) is 13.5 Å². The minimum Gasteiger partial charge on any atom is -0.352 e. The van der Waals surface area contributed by atoms with Gasteiger partial charge in [-0.05, 0) is 19.1 Å². The van der Waals surface area contributed by atoms with Crippen LogP contribution in [0, 0.1) is 6.92 Å². The molecule has 0 aromatic carbocycles. The first-order valence-electron chi connectivity index (χ1n) is 8.37. The highest BCUT2D eigenvalue weighted by Crippen LogP contribution is 2.30. The molecule has 26 heavy (non-hydrogen) atoms. The summed E-state index contributed by atoms with van der Waals surface area (Å²) in [7, 11) is 0. The van der Waals surface area contributed by atoms with E-state index in [9.17, 15) is 9.59 Å². The topological polar surface area (TPSA) is 84.2 Å². The standard InChI is InChI=1S/C17H18N6O2S/c1-12-9-13-15(19-11-20-16(13)26-12)22-7-5-21(6-8-22)14(24)10-23-4-2-3-18-17(23)25/h2-4,9,11H,5-8,10H2,1H3. The molecule has 4 rings (SSSR count). The first-order chi connectivity index (χ1) is 12.6. The van der Waals surface area contributed by atoms with Gasteiger partial charge in [0, 0.05) is 43.4 Å². The molecule has 0 unspecified atom stereocenters. The number of hydrogen-bond acceptors (Lipinski definition) is 7. The molecule has 8 nitrogen and oxygen atoms in total. The van der Waals surface area contributed by atoms with E-state index in [1.54, 1.807) is 34.8 Å². The number of thiophene rings is 1. The molecule has 0 aliphatic carbocycles. The van der Waals surface area contributed by atoms with Gasteiger partial charge >= 0.3 is 5.69 Å². The molecular weight excluding hydrogens is 352 g/mol. The first-order valence-corrected chi connectivity index (χ1v) is 9.19. The van der Waals surface area contributed by atoms with Crippen molar-refractivity contribution in [3.05, 3.63) is 46.2 Å². The normalized spacial score (nSPS) is 14.8. The maximum absolute atomic E-state index is 12.5. The molecule has 134 valence electrons. The Morgan fingerprint density at radius 3 is 2.77 bits per heavy atom. The van der Waals surface area contributed by atoms with Gasteiger partial charge in [-0.1, -0.05) is 0 Å². The largest absolute Gasteiger partial charge is 0.352 e. The van der Waals surface area contributed by atoms with Crippen LogP contribution in [0.3, 0.4) is 0 Å². The van der Waals surface area contributed by atoms with Crippen LogP contribution in [0.15, 0.2) is 35.6 Å². The van der Waals surface area contributed by atoms with E-state index in [-0.39, 0.29) is 12.5 Å². The number of amides is 1.